The largest absolute Gasteiger partial charge is 0.478 e. The van der Waals surface area contributed by atoms with Crippen LogP contribution in [0.3, 0.4) is 0 Å². The molecule has 0 atom stereocenters. The van der Waals surface area contributed by atoms with Crippen LogP contribution < -0.4 is 14.5 Å². The van der Waals surface area contributed by atoms with Crippen LogP contribution in [0.1, 0.15) is 27.6 Å². The normalized spacial score (nSPS) is 13.9. The Hall–Kier alpha value is -4.51. The number of benzene rings is 3. The zero-order valence-corrected chi connectivity index (χ0v) is 21.8. The van der Waals surface area contributed by atoms with Crippen LogP contribution >= 0.6 is 0 Å². The summed E-state index contributed by atoms with van der Waals surface area (Å²) in [6.45, 7) is 4.13. The Labute approximate surface area is 224 Å². The minimum Gasteiger partial charge on any atom is -0.478 e. The van der Waals surface area contributed by atoms with Gasteiger partial charge in [0.15, 0.2) is 5.78 Å². The fourth-order valence-corrected chi connectivity index (χ4v) is 5.59. The maximum Gasteiger partial charge on any atom is 0.336 e. The topological polar surface area (TPSA) is 120 Å². The molecule has 1 saturated heterocycles. The Morgan fingerprint density at radius 3 is 2.15 bits per heavy atom. The summed E-state index contributed by atoms with van der Waals surface area (Å²) in [5.74, 6) is -1.18. The van der Waals surface area contributed by atoms with Gasteiger partial charge >= 0.3 is 5.97 Å². The second kappa shape index (κ2) is 10.3. The number of carboxylic acid groups (broad SMARTS) is 1. The summed E-state index contributed by atoms with van der Waals surface area (Å²) in [7, 11) is -4.01. The van der Waals surface area contributed by atoms with Gasteiger partial charge in [-0.1, -0.05) is 0 Å². The molecular formula is C28H25FN4O5S. The van der Waals surface area contributed by atoms with Gasteiger partial charge < -0.3 is 14.9 Å². The summed E-state index contributed by atoms with van der Waals surface area (Å²) >= 11 is 0. The molecule has 0 amide bonds. The molecule has 9 nitrogen and oxygen atoms in total. The maximum absolute atomic E-state index is 13.2. The van der Waals surface area contributed by atoms with Crippen LogP contribution in [0.2, 0.25) is 0 Å². The highest BCUT2D eigenvalue weighted by atomic mass is 32.2. The highest BCUT2D eigenvalue weighted by molar-refractivity contribution is 7.92. The first-order valence-corrected chi connectivity index (χ1v) is 13.7. The van der Waals surface area contributed by atoms with Gasteiger partial charge in [-0.05, 0) is 79.7 Å². The smallest absolute Gasteiger partial charge is 0.336 e. The molecular weight excluding hydrogens is 523 g/mol. The van der Waals surface area contributed by atoms with Crippen LogP contribution in [0.5, 0.6) is 0 Å². The third-order valence-corrected chi connectivity index (χ3v) is 8.04. The van der Waals surface area contributed by atoms with Crippen LogP contribution in [0.4, 0.5) is 21.6 Å². The molecule has 0 spiro atoms. The van der Waals surface area contributed by atoms with E-state index in [0.717, 1.165) is 30.0 Å². The Balaban J connectivity index is 1.37. The van der Waals surface area contributed by atoms with E-state index in [4.69, 9.17) is 0 Å². The highest BCUT2D eigenvalue weighted by Gasteiger charge is 2.22. The summed E-state index contributed by atoms with van der Waals surface area (Å²) < 4.78 is 41.0. The molecule has 200 valence electrons. The predicted octanol–water partition coefficient (Wildman–Crippen LogP) is 4.40. The van der Waals surface area contributed by atoms with E-state index < -0.39 is 21.8 Å². The minimum absolute atomic E-state index is 0.0000753. The van der Waals surface area contributed by atoms with Crippen LogP contribution in [0, 0.1) is 5.82 Å². The number of rotatable bonds is 7. The van der Waals surface area contributed by atoms with Gasteiger partial charge in [-0.2, -0.15) is 0 Å². The molecule has 5 rings (SSSR count). The number of fused-ring (bicyclic) bond motifs is 1. The second-order valence-electron chi connectivity index (χ2n) is 9.20. The number of ketones is 1. The molecule has 11 heteroatoms. The first-order valence-electron chi connectivity index (χ1n) is 12.2. The number of carbonyl (C=O) groups is 2. The van der Waals surface area contributed by atoms with Crippen molar-refractivity contribution < 1.29 is 27.5 Å². The number of sulfonamides is 1. The molecule has 4 aromatic rings. The Morgan fingerprint density at radius 1 is 0.897 bits per heavy atom. The van der Waals surface area contributed by atoms with Crippen LogP contribution in [-0.4, -0.2) is 56.4 Å². The van der Waals surface area contributed by atoms with Crippen molar-refractivity contribution in [3.8, 4) is 0 Å². The van der Waals surface area contributed by atoms with Gasteiger partial charge in [-0.25, -0.2) is 22.6 Å². The lowest BCUT2D eigenvalue weighted by Crippen LogP contribution is -2.46. The van der Waals surface area contributed by atoms with Crippen molar-refractivity contribution in [1.82, 2.24) is 4.98 Å². The molecule has 2 N–H and O–H groups in total. The predicted molar refractivity (Wildman–Crippen MR) is 147 cm³/mol. The number of aromatic carboxylic acids is 1. The Kier molecular flexibility index (Phi) is 6.92. The summed E-state index contributed by atoms with van der Waals surface area (Å²) in [6.07, 6.45) is 0. The number of aromatic nitrogens is 1. The summed E-state index contributed by atoms with van der Waals surface area (Å²) in [4.78, 5) is 32.4. The van der Waals surface area contributed by atoms with Crippen LogP contribution in [0.25, 0.3) is 10.9 Å². The SMILES string of the molecule is CC(=O)c1ccc(N2CCN(c3cc(C(=O)O)c4cc(NS(=O)(=O)c5ccc(F)cc5)ccc4n3)CC2)cc1. The Morgan fingerprint density at radius 2 is 1.54 bits per heavy atom. The van der Waals surface area contributed by atoms with Crippen molar-refractivity contribution in [2.24, 2.45) is 0 Å². The lowest BCUT2D eigenvalue weighted by molar-refractivity contribution is 0.0698. The first-order chi connectivity index (χ1) is 18.6. The van der Waals surface area contributed by atoms with Crippen LogP contribution in [-0.2, 0) is 10.0 Å². The fraction of sp³-hybridized carbons (Fsp3) is 0.179. The van der Waals surface area contributed by atoms with Crippen molar-refractivity contribution in [3.63, 3.8) is 0 Å². The number of carboxylic acids is 1. The van der Waals surface area contributed by atoms with E-state index in [1.807, 2.05) is 29.2 Å². The minimum atomic E-state index is -4.01. The molecule has 2 heterocycles. The van der Waals surface area contributed by atoms with Crippen molar-refractivity contribution in [3.05, 3.63) is 89.7 Å². The summed E-state index contributed by atoms with van der Waals surface area (Å²) in [5, 5.41) is 10.2. The van der Waals surface area contributed by atoms with E-state index >= 15 is 0 Å². The molecule has 1 aromatic heterocycles. The molecule has 39 heavy (non-hydrogen) atoms. The molecule has 1 aliphatic rings. The fourth-order valence-electron chi connectivity index (χ4n) is 4.54. The van der Waals surface area contributed by atoms with Gasteiger partial charge in [-0.15, -0.1) is 0 Å². The number of Topliss-reactive ketones (excluding diaryl/α,β-unsaturated/α-hetero) is 1. The van der Waals surface area contributed by atoms with E-state index in [9.17, 15) is 27.5 Å². The van der Waals surface area contributed by atoms with Gasteiger partial charge in [0.1, 0.15) is 11.6 Å². The number of anilines is 3. The van der Waals surface area contributed by atoms with Gasteiger partial charge in [0, 0.05) is 48.5 Å². The van der Waals surface area contributed by atoms with Crippen molar-refractivity contribution in [2.45, 2.75) is 11.8 Å². The lowest BCUT2D eigenvalue weighted by Gasteiger charge is -2.37. The number of hydrogen-bond donors (Lipinski definition) is 2. The molecule has 3 aromatic carbocycles. The van der Waals surface area contributed by atoms with E-state index in [-0.39, 0.29) is 27.3 Å². The third kappa shape index (κ3) is 5.53. The van der Waals surface area contributed by atoms with E-state index in [2.05, 4.69) is 14.6 Å². The number of halogens is 1. The monoisotopic (exact) mass is 548 g/mol. The number of nitrogens with one attached hydrogen (secondary N) is 1. The van der Waals surface area contributed by atoms with Gasteiger partial charge in [-0.3, -0.25) is 9.52 Å². The van der Waals surface area contributed by atoms with Gasteiger partial charge in [0.2, 0.25) is 0 Å². The Bertz CT molecular complexity index is 1670. The van der Waals surface area contributed by atoms with E-state index in [0.29, 0.717) is 43.1 Å². The third-order valence-electron chi connectivity index (χ3n) is 6.64. The molecule has 1 aliphatic heterocycles. The molecule has 0 bridgehead atoms. The summed E-state index contributed by atoms with van der Waals surface area (Å²) in [6, 6.07) is 17.9. The molecule has 1 fully saturated rings. The van der Waals surface area contributed by atoms with Crippen molar-refractivity contribution in [1.29, 1.82) is 0 Å². The maximum atomic E-state index is 13.2. The van der Waals surface area contributed by atoms with Crippen molar-refractivity contribution in [2.75, 3.05) is 40.7 Å². The number of nitrogens with zero attached hydrogens (tertiary/aromatic N) is 3. The van der Waals surface area contributed by atoms with Crippen LogP contribution in [0.15, 0.2) is 77.7 Å². The quantitative estimate of drug-likeness (QED) is 0.326. The number of carbonyl (C=O) groups excluding carboxylic acids is 1. The molecule has 0 aliphatic carbocycles. The summed E-state index contributed by atoms with van der Waals surface area (Å²) in [5.41, 5.74) is 2.24. The standard InChI is InChI=1S/C28H25FN4O5S/c1-18(34)19-2-7-22(8-3-19)32-12-14-33(15-13-32)27-17-25(28(35)36)24-16-21(6-11-26(24)30-27)31-39(37,38)23-9-4-20(29)5-10-23/h2-11,16-17,31H,12-15H2,1H3,(H,35,36). The second-order valence-corrected chi connectivity index (χ2v) is 10.9. The average molecular weight is 549 g/mol. The van der Waals surface area contributed by atoms with Crippen molar-refractivity contribution >= 4 is 49.9 Å². The molecule has 0 radical (unpaired) electrons. The average Bonchev–Trinajstić information content (AvgIpc) is 2.92. The number of pyridine rings is 1. The van der Waals surface area contributed by atoms with Gasteiger partial charge in [0.25, 0.3) is 10.0 Å². The first kappa shape index (κ1) is 26.1. The van der Waals surface area contributed by atoms with E-state index in [1.165, 1.54) is 25.1 Å². The van der Waals surface area contributed by atoms with E-state index in [1.54, 1.807) is 6.07 Å². The zero-order chi connectivity index (χ0) is 27.7. The number of hydrogen-bond acceptors (Lipinski definition) is 7. The molecule has 0 saturated carbocycles. The zero-order valence-electron chi connectivity index (χ0n) is 21.0. The van der Waals surface area contributed by atoms with Gasteiger partial charge in [0.05, 0.1) is 16.0 Å². The lowest BCUT2D eigenvalue weighted by atomic mass is 10.1. The highest BCUT2D eigenvalue weighted by Crippen LogP contribution is 2.28. The number of piperazine rings is 1. The molecule has 0 unspecified atom stereocenters.